The molecule has 7 aromatic carbocycles. The van der Waals surface area contributed by atoms with Gasteiger partial charge in [0.2, 0.25) is 0 Å². The molecule has 0 aliphatic rings. The Labute approximate surface area is 260 Å². The predicted molar refractivity (Wildman–Crippen MR) is 188 cm³/mol. The zero-order valence-electron chi connectivity index (χ0n) is 24.5. The van der Waals surface area contributed by atoms with E-state index >= 15 is 0 Å². The molecule has 9 aromatic rings. The van der Waals surface area contributed by atoms with E-state index in [1.54, 1.807) is 0 Å². The number of benzene rings is 7. The molecule has 0 aliphatic heterocycles. The molecule has 2 heterocycles. The average Bonchev–Trinajstić information content (AvgIpc) is 3.66. The van der Waals surface area contributed by atoms with Gasteiger partial charge in [0, 0.05) is 38.5 Å². The molecule has 0 aliphatic carbocycles. The molecule has 0 saturated heterocycles. The Hall–Kier alpha value is -6.06. The van der Waals surface area contributed by atoms with E-state index in [4.69, 9.17) is 4.42 Å². The third-order valence-electron chi connectivity index (χ3n) is 8.80. The van der Waals surface area contributed by atoms with Crippen molar-refractivity contribution in [2.24, 2.45) is 0 Å². The summed E-state index contributed by atoms with van der Waals surface area (Å²) in [5, 5.41) is 4.78. The van der Waals surface area contributed by atoms with Crippen molar-refractivity contribution in [1.82, 2.24) is 4.57 Å². The Kier molecular flexibility index (Phi) is 5.82. The molecule has 0 unspecified atom stereocenters. The lowest BCUT2D eigenvalue weighted by molar-refractivity contribution is 0.670. The van der Waals surface area contributed by atoms with Gasteiger partial charge >= 0.3 is 0 Å². The van der Waals surface area contributed by atoms with Crippen LogP contribution in [-0.2, 0) is 0 Å². The normalized spacial score (nSPS) is 11.6. The summed E-state index contributed by atoms with van der Waals surface area (Å²) in [5.74, 6) is 0. The van der Waals surface area contributed by atoms with Gasteiger partial charge in [-0.2, -0.15) is 0 Å². The smallest absolute Gasteiger partial charge is 0.143 e. The second-order valence-corrected chi connectivity index (χ2v) is 11.4. The summed E-state index contributed by atoms with van der Waals surface area (Å²) in [6, 6.07) is 60.1. The van der Waals surface area contributed by atoms with Crippen molar-refractivity contribution in [3.05, 3.63) is 170 Å². The minimum Gasteiger partial charge on any atom is -0.455 e. The molecule has 0 atom stereocenters. The van der Waals surface area contributed by atoms with Crippen molar-refractivity contribution in [2.45, 2.75) is 0 Å². The Morgan fingerprint density at radius 1 is 0.422 bits per heavy atom. The molecule has 45 heavy (non-hydrogen) atoms. The largest absolute Gasteiger partial charge is 0.455 e. The van der Waals surface area contributed by atoms with E-state index in [0.717, 1.165) is 55.8 Å². The van der Waals surface area contributed by atoms with Gasteiger partial charge in [-0.05, 0) is 60.2 Å². The van der Waals surface area contributed by atoms with E-state index in [0.29, 0.717) is 0 Å². The summed E-state index contributed by atoms with van der Waals surface area (Å²) in [4.78, 5) is 2.35. The van der Waals surface area contributed by atoms with Gasteiger partial charge < -0.3 is 13.9 Å². The summed E-state index contributed by atoms with van der Waals surface area (Å²) in [7, 11) is 0. The molecular weight excluding hydrogens is 548 g/mol. The maximum atomic E-state index is 6.37. The molecule has 0 N–H and O–H groups in total. The molecule has 0 radical (unpaired) electrons. The van der Waals surface area contributed by atoms with Crippen molar-refractivity contribution in [3.63, 3.8) is 0 Å². The summed E-state index contributed by atoms with van der Waals surface area (Å²) in [6.07, 6.45) is 0. The van der Waals surface area contributed by atoms with E-state index in [2.05, 4.69) is 167 Å². The number of nitrogens with zero attached hydrogens (tertiary/aromatic N) is 2. The van der Waals surface area contributed by atoms with Gasteiger partial charge in [-0.3, -0.25) is 0 Å². The second kappa shape index (κ2) is 10.3. The maximum Gasteiger partial charge on any atom is 0.143 e. The van der Waals surface area contributed by atoms with E-state index in [-0.39, 0.29) is 0 Å². The number of hydrogen-bond donors (Lipinski definition) is 0. The lowest BCUT2D eigenvalue weighted by Gasteiger charge is -2.28. The summed E-state index contributed by atoms with van der Waals surface area (Å²) < 4.78 is 8.76. The van der Waals surface area contributed by atoms with Crippen LogP contribution >= 0.6 is 0 Å². The Morgan fingerprint density at radius 2 is 1.00 bits per heavy atom. The van der Waals surface area contributed by atoms with Gasteiger partial charge in [-0.25, -0.2) is 0 Å². The molecule has 0 fully saturated rings. The first-order chi connectivity index (χ1) is 22.3. The minimum absolute atomic E-state index is 0.911. The molecule has 0 saturated carbocycles. The average molecular weight is 577 g/mol. The van der Waals surface area contributed by atoms with Crippen LogP contribution in [0.2, 0.25) is 0 Å². The van der Waals surface area contributed by atoms with Gasteiger partial charge in [0.05, 0.1) is 22.4 Å². The van der Waals surface area contributed by atoms with Crippen molar-refractivity contribution >= 4 is 60.8 Å². The molecule has 3 heteroatoms. The third-order valence-corrected chi connectivity index (χ3v) is 8.80. The monoisotopic (exact) mass is 576 g/mol. The summed E-state index contributed by atoms with van der Waals surface area (Å²) in [5.41, 5.74) is 10.8. The van der Waals surface area contributed by atoms with Crippen molar-refractivity contribution < 1.29 is 4.42 Å². The highest BCUT2D eigenvalue weighted by atomic mass is 16.3. The number of hydrogen-bond acceptors (Lipinski definition) is 2. The van der Waals surface area contributed by atoms with Gasteiger partial charge in [0.25, 0.3) is 0 Å². The van der Waals surface area contributed by atoms with E-state index in [9.17, 15) is 0 Å². The third kappa shape index (κ3) is 4.05. The molecule has 212 valence electrons. The quantitative estimate of drug-likeness (QED) is 0.203. The first-order valence-electron chi connectivity index (χ1n) is 15.3. The number of anilines is 3. The summed E-state index contributed by atoms with van der Waals surface area (Å²) >= 11 is 0. The molecular formula is C42H28N2O. The maximum absolute atomic E-state index is 6.37. The lowest BCUT2D eigenvalue weighted by atomic mass is 10.0. The van der Waals surface area contributed by atoms with Crippen molar-refractivity contribution in [2.75, 3.05) is 4.90 Å². The number of aromatic nitrogens is 1. The number of para-hydroxylation sites is 7. The topological polar surface area (TPSA) is 21.3 Å². The van der Waals surface area contributed by atoms with Gasteiger partial charge in [0.15, 0.2) is 0 Å². The first kappa shape index (κ1) is 25.4. The van der Waals surface area contributed by atoms with Gasteiger partial charge in [-0.15, -0.1) is 0 Å². The Bertz CT molecular complexity index is 2430. The lowest BCUT2D eigenvalue weighted by Crippen LogP contribution is -2.13. The molecule has 9 rings (SSSR count). The predicted octanol–water partition coefficient (Wildman–Crippen LogP) is 11.8. The standard InChI is InChI=1S/C42H28N2O/c1-2-13-30(14-3-1)43(31-27-25-29(26-28-31)32-18-12-19-36-35-17-6-11-24-41(35)45-42(32)36)39-22-9-10-23-40(39)44-37-20-7-4-15-33(37)34-16-5-8-21-38(34)44/h1-28H. The molecule has 0 amide bonds. The van der Waals surface area contributed by atoms with Gasteiger partial charge in [-0.1, -0.05) is 115 Å². The van der Waals surface area contributed by atoms with Crippen LogP contribution in [0.1, 0.15) is 0 Å². The van der Waals surface area contributed by atoms with Crippen LogP contribution in [0.5, 0.6) is 0 Å². The van der Waals surface area contributed by atoms with Crippen LogP contribution in [0.25, 0.3) is 60.6 Å². The number of rotatable bonds is 5. The highest BCUT2D eigenvalue weighted by Gasteiger charge is 2.20. The van der Waals surface area contributed by atoms with Crippen LogP contribution in [0, 0.1) is 0 Å². The SMILES string of the molecule is c1ccc(N(c2ccc(-c3cccc4c3oc3ccccc34)cc2)c2ccccc2-n2c3ccccc3c3ccccc32)cc1. The molecule has 0 bridgehead atoms. The number of fused-ring (bicyclic) bond motifs is 6. The highest BCUT2D eigenvalue weighted by molar-refractivity contribution is 6.11. The fourth-order valence-electron chi connectivity index (χ4n) is 6.79. The fourth-order valence-corrected chi connectivity index (χ4v) is 6.79. The molecule has 3 nitrogen and oxygen atoms in total. The van der Waals surface area contributed by atoms with Gasteiger partial charge in [0.1, 0.15) is 11.2 Å². The van der Waals surface area contributed by atoms with Crippen LogP contribution in [0.3, 0.4) is 0 Å². The minimum atomic E-state index is 0.911. The molecule has 0 spiro atoms. The van der Waals surface area contributed by atoms with Crippen LogP contribution < -0.4 is 4.90 Å². The Morgan fingerprint density at radius 3 is 1.76 bits per heavy atom. The zero-order valence-corrected chi connectivity index (χ0v) is 24.5. The highest BCUT2D eigenvalue weighted by Crippen LogP contribution is 2.42. The molecule has 2 aromatic heterocycles. The zero-order chi connectivity index (χ0) is 29.7. The van der Waals surface area contributed by atoms with Crippen LogP contribution in [0.4, 0.5) is 17.1 Å². The number of furan rings is 1. The van der Waals surface area contributed by atoms with E-state index < -0.39 is 0 Å². The summed E-state index contributed by atoms with van der Waals surface area (Å²) in [6.45, 7) is 0. The van der Waals surface area contributed by atoms with Crippen molar-refractivity contribution in [1.29, 1.82) is 0 Å². The van der Waals surface area contributed by atoms with E-state index in [1.165, 1.54) is 21.8 Å². The Balaban J connectivity index is 1.23. The fraction of sp³-hybridized carbons (Fsp3) is 0. The second-order valence-electron chi connectivity index (χ2n) is 11.4. The van der Waals surface area contributed by atoms with Crippen LogP contribution in [-0.4, -0.2) is 4.57 Å². The van der Waals surface area contributed by atoms with E-state index in [1.807, 2.05) is 12.1 Å². The van der Waals surface area contributed by atoms with Crippen LogP contribution in [0.15, 0.2) is 174 Å². The first-order valence-corrected chi connectivity index (χ1v) is 15.3. The van der Waals surface area contributed by atoms with Crippen molar-refractivity contribution in [3.8, 4) is 16.8 Å².